The topological polar surface area (TPSA) is 29.5 Å². The first-order valence-electron chi connectivity index (χ1n) is 6.43. The highest BCUT2D eigenvalue weighted by Crippen LogP contribution is 2.30. The molecular weight excluding hydrogens is 335 g/mol. The van der Waals surface area contributed by atoms with Crippen LogP contribution in [0.5, 0.6) is 11.5 Å². The summed E-state index contributed by atoms with van der Waals surface area (Å²) in [6.07, 6.45) is 0. The molecule has 0 saturated heterocycles. The zero-order valence-electron chi connectivity index (χ0n) is 11.0. The van der Waals surface area contributed by atoms with E-state index in [0.29, 0.717) is 11.5 Å². The number of rotatable bonds is 3. The molecule has 2 nitrogen and oxygen atoms in total. The van der Waals surface area contributed by atoms with Crippen molar-refractivity contribution in [1.29, 1.82) is 0 Å². The molecule has 0 unspecified atom stereocenters. The van der Waals surface area contributed by atoms with Crippen molar-refractivity contribution in [1.82, 2.24) is 0 Å². The van der Waals surface area contributed by atoms with Crippen LogP contribution in [-0.4, -0.2) is 5.11 Å². The summed E-state index contributed by atoms with van der Waals surface area (Å²) in [7, 11) is 0. The largest absolute Gasteiger partial charge is 0.457 e. The summed E-state index contributed by atoms with van der Waals surface area (Å²) in [5, 5.41) is 11.4. The van der Waals surface area contributed by atoms with Crippen LogP contribution < -0.4 is 4.74 Å². The van der Waals surface area contributed by atoms with Crippen molar-refractivity contribution in [2.75, 3.05) is 0 Å². The molecule has 1 N–H and O–H groups in total. The predicted octanol–water partition coefficient (Wildman–Crippen LogP) is 5.03. The lowest BCUT2D eigenvalue weighted by Crippen LogP contribution is -1.95. The molecule has 3 rings (SSSR count). The Kier molecular flexibility index (Phi) is 3.90. The minimum atomic E-state index is -0.472. The molecular formula is C17H12BrFO2. The van der Waals surface area contributed by atoms with Gasteiger partial charge in [-0.25, -0.2) is 4.39 Å². The Morgan fingerprint density at radius 3 is 2.57 bits per heavy atom. The molecule has 0 aromatic heterocycles. The van der Waals surface area contributed by atoms with E-state index in [1.165, 1.54) is 6.07 Å². The molecule has 0 aliphatic heterocycles. The van der Waals surface area contributed by atoms with Crippen molar-refractivity contribution in [3.05, 3.63) is 70.5 Å². The Morgan fingerprint density at radius 1 is 1.00 bits per heavy atom. The highest BCUT2D eigenvalue weighted by molar-refractivity contribution is 9.10. The molecule has 0 aliphatic rings. The standard InChI is InChI=1S/C17H12BrFO2/c18-13-6-4-12-9-14(7-5-11(12)8-13)21-17-3-1-2-16(19)15(17)10-20/h1-9,20H,10H2. The Labute approximate surface area is 129 Å². The van der Waals surface area contributed by atoms with Crippen LogP contribution >= 0.6 is 15.9 Å². The summed E-state index contributed by atoms with van der Waals surface area (Å²) < 4.78 is 20.3. The Balaban J connectivity index is 1.98. The van der Waals surface area contributed by atoms with Crippen LogP contribution in [0.4, 0.5) is 4.39 Å². The van der Waals surface area contributed by atoms with Crippen molar-refractivity contribution in [2.24, 2.45) is 0 Å². The van der Waals surface area contributed by atoms with E-state index in [-0.39, 0.29) is 5.56 Å². The molecule has 0 saturated carbocycles. The SMILES string of the molecule is OCc1c(F)cccc1Oc1ccc2cc(Br)ccc2c1. The number of halogens is 2. The third-order valence-electron chi connectivity index (χ3n) is 3.24. The first-order chi connectivity index (χ1) is 10.2. The van der Waals surface area contributed by atoms with Crippen molar-refractivity contribution < 1.29 is 14.2 Å². The van der Waals surface area contributed by atoms with Gasteiger partial charge in [-0.15, -0.1) is 0 Å². The van der Waals surface area contributed by atoms with E-state index >= 15 is 0 Å². The molecule has 4 heteroatoms. The van der Waals surface area contributed by atoms with Crippen molar-refractivity contribution >= 4 is 26.7 Å². The second kappa shape index (κ2) is 5.84. The summed E-state index contributed by atoms with van der Waals surface area (Å²) >= 11 is 3.43. The van der Waals surface area contributed by atoms with E-state index in [4.69, 9.17) is 4.74 Å². The average Bonchev–Trinajstić information content (AvgIpc) is 2.48. The number of benzene rings is 3. The Bertz CT molecular complexity index is 802. The van der Waals surface area contributed by atoms with Crippen LogP contribution in [0, 0.1) is 5.82 Å². The number of aliphatic hydroxyl groups excluding tert-OH is 1. The molecule has 3 aromatic rings. The fourth-order valence-corrected chi connectivity index (χ4v) is 2.55. The quantitative estimate of drug-likeness (QED) is 0.720. The normalized spacial score (nSPS) is 10.8. The third-order valence-corrected chi connectivity index (χ3v) is 3.73. The summed E-state index contributed by atoms with van der Waals surface area (Å²) in [5.41, 5.74) is 0.161. The van der Waals surface area contributed by atoms with Gasteiger partial charge in [-0.2, -0.15) is 0 Å². The van der Waals surface area contributed by atoms with Gasteiger partial charge in [0.15, 0.2) is 0 Å². The summed E-state index contributed by atoms with van der Waals surface area (Å²) in [6.45, 7) is -0.400. The average molecular weight is 347 g/mol. The molecule has 0 radical (unpaired) electrons. The van der Waals surface area contributed by atoms with Gasteiger partial charge in [-0.1, -0.05) is 34.1 Å². The van der Waals surface area contributed by atoms with Gasteiger partial charge in [-0.3, -0.25) is 0 Å². The summed E-state index contributed by atoms with van der Waals surface area (Å²) in [4.78, 5) is 0. The van der Waals surface area contributed by atoms with E-state index in [2.05, 4.69) is 15.9 Å². The minimum Gasteiger partial charge on any atom is -0.457 e. The fraction of sp³-hybridized carbons (Fsp3) is 0.0588. The smallest absolute Gasteiger partial charge is 0.135 e. The van der Waals surface area contributed by atoms with Crippen LogP contribution in [0.1, 0.15) is 5.56 Å². The number of ether oxygens (including phenoxy) is 1. The molecule has 0 amide bonds. The minimum absolute atomic E-state index is 0.161. The number of fused-ring (bicyclic) bond motifs is 1. The van der Waals surface area contributed by atoms with Crippen molar-refractivity contribution in [3.63, 3.8) is 0 Å². The lowest BCUT2D eigenvalue weighted by atomic mass is 10.1. The van der Waals surface area contributed by atoms with Gasteiger partial charge in [0.1, 0.15) is 17.3 Å². The second-order valence-electron chi connectivity index (χ2n) is 4.63. The van der Waals surface area contributed by atoms with E-state index in [1.54, 1.807) is 12.1 Å². The monoisotopic (exact) mass is 346 g/mol. The van der Waals surface area contributed by atoms with Crippen LogP contribution in [0.15, 0.2) is 59.1 Å². The second-order valence-corrected chi connectivity index (χ2v) is 5.55. The maximum absolute atomic E-state index is 13.6. The van der Waals surface area contributed by atoms with Crippen LogP contribution in [-0.2, 0) is 6.61 Å². The zero-order chi connectivity index (χ0) is 14.8. The fourth-order valence-electron chi connectivity index (χ4n) is 2.17. The Hall–Kier alpha value is -1.91. The molecule has 3 aromatic carbocycles. The zero-order valence-corrected chi connectivity index (χ0v) is 12.6. The maximum atomic E-state index is 13.6. The van der Waals surface area contributed by atoms with Gasteiger partial charge in [0.2, 0.25) is 0 Å². The maximum Gasteiger partial charge on any atom is 0.135 e. The molecule has 0 aliphatic carbocycles. The van der Waals surface area contributed by atoms with Gasteiger partial charge in [0, 0.05) is 4.47 Å². The van der Waals surface area contributed by atoms with Crippen LogP contribution in [0.2, 0.25) is 0 Å². The van der Waals surface area contributed by atoms with Crippen molar-refractivity contribution in [2.45, 2.75) is 6.61 Å². The molecule has 0 spiro atoms. The van der Waals surface area contributed by atoms with Crippen LogP contribution in [0.25, 0.3) is 10.8 Å². The molecule has 0 fully saturated rings. The van der Waals surface area contributed by atoms with Crippen LogP contribution in [0.3, 0.4) is 0 Å². The highest BCUT2D eigenvalue weighted by atomic mass is 79.9. The van der Waals surface area contributed by atoms with Gasteiger partial charge in [0.05, 0.1) is 12.2 Å². The molecule has 106 valence electrons. The van der Waals surface area contributed by atoms with E-state index in [0.717, 1.165) is 15.2 Å². The van der Waals surface area contributed by atoms with Gasteiger partial charge < -0.3 is 9.84 Å². The van der Waals surface area contributed by atoms with Gasteiger partial charge in [0.25, 0.3) is 0 Å². The molecule has 0 atom stereocenters. The number of hydrogen-bond acceptors (Lipinski definition) is 2. The first-order valence-corrected chi connectivity index (χ1v) is 7.22. The molecule has 21 heavy (non-hydrogen) atoms. The lowest BCUT2D eigenvalue weighted by Gasteiger charge is -2.11. The number of hydrogen-bond donors (Lipinski definition) is 1. The number of aliphatic hydroxyl groups is 1. The van der Waals surface area contributed by atoms with Gasteiger partial charge >= 0.3 is 0 Å². The predicted molar refractivity (Wildman–Crippen MR) is 84.0 cm³/mol. The Morgan fingerprint density at radius 2 is 1.76 bits per heavy atom. The molecule has 0 heterocycles. The molecule has 0 bridgehead atoms. The first kappa shape index (κ1) is 14.0. The van der Waals surface area contributed by atoms with E-state index in [1.807, 2.05) is 36.4 Å². The third kappa shape index (κ3) is 2.91. The van der Waals surface area contributed by atoms with Gasteiger partial charge in [-0.05, 0) is 47.2 Å². The highest BCUT2D eigenvalue weighted by Gasteiger charge is 2.09. The van der Waals surface area contributed by atoms with Crippen molar-refractivity contribution in [3.8, 4) is 11.5 Å². The lowest BCUT2D eigenvalue weighted by molar-refractivity contribution is 0.270. The summed E-state index contributed by atoms with van der Waals surface area (Å²) in [6, 6.07) is 16.1. The van der Waals surface area contributed by atoms with E-state index in [9.17, 15) is 9.50 Å². The summed E-state index contributed by atoms with van der Waals surface area (Å²) in [5.74, 6) is 0.457. The van der Waals surface area contributed by atoms with E-state index < -0.39 is 12.4 Å².